The van der Waals surface area contributed by atoms with Crippen molar-refractivity contribution in [3.63, 3.8) is 0 Å². The Hall–Kier alpha value is -1.05. The standard InChI is InChI=1S/C12H19N3O2S2/c1-8(2)9(3)15(4)19(16,17)10-6-5-7-14-11(10)12(13)18/h5-9H,1-4H3,(H2,13,18). The van der Waals surface area contributed by atoms with Crippen molar-refractivity contribution in [1.82, 2.24) is 9.29 Å². The van der Waals surface area contributed by atoms with E-state index in [1.54, 1.807) is 13.1 Å². The summed E-state index contributed by atoms with van der Waals surface area (Å²) in [6, 6.07) is 2.90. The fourth-order valence-corrected chi connectivity index (χ4v) is 3.45. The van der Waals surface area contributed by atoms with E-state index in [0.717, 1.165) is 0 Å². The van der Waals surface area contributed by atoms with Gasteiger partial charge in [-0.3, -0.25) is 4.98 Å². The highest BCUT2D eigenvalue weighted by atomic mass is 32.2. The Morgan fingerprint density at radius 1 is 1.42 bits per heavy atom. The number of nitrogens with two attached hydrogens (primary N) is 1. The predicted octanol–water partition coefficient (Wildman–Crippen LogP) is 1.38. The smallest absolute Gasteiger partial charge is 0.245 e. The lowest BCUT2D eigenvalue weighted by Crippen LogP contribution is -2.39. The van der Waals surface area contributed by atoms with Crippen molar-refractivity contribution >= 4 is 27.2 Å². The molecule has 1 unspecified atom stereocenters. The van der Waals surface area contributed by atoms with E-state index < -0.39 is 10.0 Å². The van der Waals surface area contributed by atoms with E-state index in [2.05, 4.69) is 4.98 Å². The Kier molecular flexibility index (Phi) is 5.00. The molecule has 7 heteroatoms. The molecule has 1 heterocycles. The number of pyridine rings is 1. The number of thiocarbonyl (C=S) groups is 1. The summed E-state index contributed by atoms with van der Waals surface area (Å²) in [4.78, 5) is 3.99. The minimum absolute atomic E-state index is 0.0234. The fourth-order valence-electron chi connectivity index (χ4n) is 1.58. The highest BCUT2D eigenvalue weighted by molar-refractivity contribution is 7.89. The van der Waals surface area contributed by atoms with E-state index in [4.69, 9.17) is 18.0 Å². The molecule has 0 aliphatic carbocycles. The summed E-state index contributed by atoms with van der Waals surface area (Å²) in [5, 5.41) is 0. The molecule has 0 spiro atoms. The van der Waals surface area contributed by atoms with E-state index in [1.807, 2.05) is 20.8 Å². The zero-order valence-corrected chi connectivity index (χ0v) is 13.1. The third-order valence-electron chi connectivity index (χ3n) is 3.20. The molecule has 19 heavy (non-hydrogen) atoms. The van der Waals surface area contributed by atoms with Crippen molar-refractivity contribution in [2.45, 2.75) is 31.7 Å². The number of rotatable bonds is 5. The normalized spacial score (nSPS) is 13.8. The van der Waals surface area contributed by atoms with Crippen LogP contribution in [0.25, 0.3) is 0 Å². The molecule has 0 aliphatic heterocycles. The van der Waals surface area contributed by atoms with Gasteiger partial charge in [0.2, 0.25) is 10.0 Å². The first-order chi connectivity index (χ1) is 8.69. The maximum absolute atomic E-state index is 12.6. The summed E-state index contributed by atoms with van der Waals surface area (Å²) >= 11 is 4.85. The van der Waals surface area contributed by atoms with Crippen LogP contribution < -0.4 is 5.73 Å². The van der Waals surface area contributed by atoms with Crippen molar-refractivity contribution in [2.24, 2.45) is 11.7 Å². The van der Waals surface area contributed by atoms with E-state index in [-0.39, 0.29) is 27.5 Å². The number of hydrogen-bond donors (Lipinski definition) is 1. The molecule has 0 saturated heterocycles. The van der Waals surface area contributed by atoms with E-state index in [1.165, 1.54) is 16.6 Å². The van der Waals surface area contributed by atoms with Gasteiger partial charge >= 0.3 is 0 Å². The van der Waals surface area contributed by atoms with Crippen molar-refractivity contribution in [2.75, 3.05) is 7.05 Å². The average molecular weight is 301 g/mol. The van der Waals surface area contributed by atoms with Crippen LogP contribution in [0.4, 0.5) is 0 Å². The van der Waals surface area contributed by atoms with Crippen molar-refractivity contribution in [1.29, 1.82) is 0 Å². The Morgan fingerprint density at radius 2 is 2.00 bits per heavy atom. The lowest BCUT2D eigenvalue weighted by molar-refractivity contribution is 0.315. The van der Waals surface area contributed by atoms with Crippen LogP contribution in [0.5, 0.6) is 0 Å². The lowest BCUT2D eigenvalue weighted by atomic mass is 10.1. The third-order valence-corrected chi connectivity index (χ3v) is 5.37. The summed E-state index contributed by atoms with van der Waals surface area (Å²) in [6.45, 7) is 5.79. The highest BCUT2D eigenvalue weighted by Crippen LogP contribution is 2.21. The number of hydrogen-bond acceptors (Lipinski definition) is 4. The van der Waals surface area contributed by atoms with E-state index in [0.29, 0.717) is 0 Å². The van der Waals surface area contributed by atoms with Gasteiger partial charge in [-0.05, 0) is 25.0 Å². The van der Waals surface area contributed by atoms with Gasteiger partial charge in [0.15, 0.2) is 0 Å². The van der Waals surface area contributed by atoms with Crippen LogP contribution in [0.1, 0.15) is 26.5 Å². The van der Waals surface area contributed by atoms with Gasteiger partial charge in [-0.2, -0.15) is 4.31 Å². The maximum atomic E-state index is 12.6. The molecule has 1 rings (SSSR count). The minimum atomic E-state index is -3.66. The van der Waals surface area contributed by atoms with Crippen molar-refractivity contribution in [3.8, 4) is 0 Å². The van der Waals surface area contributed by atoms with Crippen molar-refractivity contribution in [3.05, 3.63) is 24.0 Å². The Morgan fingerprint density at radius 3 is 2.47 bits per heavy atom. The van der Waals surface area contributed by atoms with Gasteiger partial charge in [0.1, 0.15) is 15.6 Å². The fraction of sp³-hybridized carbons (Fsp3) is 0.500. The molecule has 0 aromatic carbocycles. The Bertz CT molecular complexity index is 570. The molecule has 106 valence electrons. The van der Waals surface area contributed by atoms with Gasteiger partial charge in [-0.25, -0.2) is 8.42 Å². The molecule has 1 aromatic rings. The summed E-state index contributed by atoms with van der Waals surface area (Å²) in [5.74, 6) is 0.199. The van der Waals surface area contributed by atoms with Crippen LogP contribution in [0, 0.1) is 5.92 Å². The van der Waals surface area contributed by atoms with Crippen LogP contribution >= 0.6 is 12.2 Å². The number of aromatic nitrogens is 1. The van der Waals surface area contributed by atoms with Gasteiger partial charge in [0.25, 0.3) is 0 Å². The second kappa shape index (κ2) is 5.94. The number of sulfonamides is 1. The lowest BCUT2D eigenvalue weighted by Gasteiger charge is -2.27. The Labute approximate surface area is 119 Å². The second-order valence-corrected chi connectivity index (χ2v) is 7.13. The van der Waals surface area contributed by atoms with Crippen LogP contribution in [0.2, 0.25) is 0 Å². The van der Waals surface area contributed by atoms with Crippen LogP contribution in [-0.4, -0.2) is 35.8 Å². The molecule has 0 radical (unpaired) electrons. The van der Waals surface area contributed by atoms with Gasteiger partial charge in [-0.1, -0.05) is 26.1 Å². The first-order valence-electron chi connectivity index (χ1n) is 5.92. The topological polar surface area (TPSA) is 76.3 Å². The zero-order chi connectivity index (χ0) is 14.8. The number of nitrogens with zero attached hydrogens (tertiary/aromatic N) is 2. The molecular weight excluding hydrogens is 282 g/mol. The Balaban J connectivity index is 3.32. The summed E-state index contributed by atoms with van der Waals surface area (Å²) in [5.41, 5.74) is 5.67. The SMILES string of the molecule is CC(C)C(C)N(C)S(=O)(=O)c1cccnc1C(N)=S. The summed E-state index contributed by atoms with van der Waals surface area (Å²) in [6.07, 6.45) is 1.47. The second-order valence-electron chi connectivity index (χ2n) is 4.72. The summed E-state index contributed by atoms with van der Waals surface area (Å²) < 4.78 is 26.5. The van der Waals surface area contributed by atoms with Crippen LogP contribution in [-0.2, 0) is 10.0 Å². The molecule has 1 atom stereocenters. The van der Waals surface area contributed by atoms with Gasteiger partial charge < -0.3 is 5.73 Å². The molecule has 0 aliphatic rings. The molecule has 2 N–H and O–H groups in total. The molecule has 0 fully saturated rings. The van der Waals surface area contributed by atoms with Crippen molar-refractivity contribution < 1.29 is 8.42 Å². The van der Waals surface area contributed by atoms with E-state index in [9.17, 15) is 8.42 Å². The molecule has 0 amide bonds. The quantitative estimate of drug-likeness (QED) is 0.832. The van der Waals surface area contributed by atoms with Crippen LogP contribution in [0.3, 0.4) is 0 Å². The molecule has 1 aromatic heterocycles. The molecule has 5 nitrogen and oxygen atoms in total. The van der Waals surface area contributed by atoms with Gasteiger partial charge in [0.05, 0.1) is 0 Å². The van der Waals surface area contributed by atoms with Gasteiger partial charge in [-0.15, -0.1) is 0 Å². The highest BCUT2D eigenvalue weighted by Gasteiger charge is 2.29. The van der Waals surface area contributed by atoms with Crippen LogP contribution in [0.15, 0.2) is 23.2 Å². The third kappa shape index (κ3) is 3.29. The zero-order valence-electron chi connectivity index (χ0n) is 11.5. The predicted molar refractivity (Wildman–Crippen MR) is 79.4 cm³/mol. The monoisotopic (exact) mass is 301 g/mol. The first-order valence-corrected chi connectivity index (χ1v) is 7.77. The molecule has 0 saturated carbocycles. The first kappa shape index (κ1) is 16.0. The minimum Gasteiger partial charge on any atom is -0.388 e. The van der Waals surface area contributed by atoms with E-state index >= 15 is 0 Å². The largest absolute Gasteiger partial charge is 0.388 e. The van der Waals surface area contributed by atoms with Gasteiger partial charge in [0, 0.05) is 19.3 Å². The molecule has 0 bridgehead atoms. The maximum Gasteiger partial charge on any atom is 0.245 e. The summed E-state index contributed by atoms with van der Waals surface area (Å²) in [7, 11) is -2.10. The molecular formula is C12H19N3O2S2. The average Bonchev–Trinajstić information content (AvgIpc) is 2.36.